The summed E-state index contributed by atoms with van der Waals surface area (Å²) in [7, 11) is 1.98. The molecule has 1 heterocycles. The van der Waals surface area contributed by atoms with Gasteiger partial charge in [-0.15, -0.1) is 0 Å². The molecule has 4 aromatic rings. The summed E-state index contributed by atoms with van der Waals surface area (Å²) in [4.78, 5) is 4.70. The lowest BCUT2D eigenvalue weighted by molar-refractivity contribution is 0.477. The number of fused-ring (bicyclic) bond motifs is 2. The molecular formula is C18H14N2O. The van der Waals surface area contributed by atoms with Gasteiger partial charge in [-0.25, -0.2) is 4.98 Å². The Morgan fingerprint density at radius 2 is 1.67 bits per heavy atom. The predicted molar refractivity (Wildman–Crippen MR) is 85.3 cm³/mol. The molecule has 0 spiro atoms. The third-order valence-electron chi connectivity index (χ3n) is 3.92. The fraction of sp³-hybridized carbons (Fsp3) is 0.0556. The van der Waals surface area contributed by atoms with Gasteiger partial charge in [0.2, 0.25) is 0 Å². The van der Waals surface area contributed by atoms with Crippen LogP contribution in [0.2, 0.25) is 0 Å². The molecule has 0 saturated carbocycles. The van der Waals surface area contributed by atoms with E-state index in [-0.39, 0.29) is 5.75 Å². The number of aryl methyl sites for hydroxylation is 1. The molecule has 0 atom stereocenters. The minimum Gasteiger partial charge on any atom is -0.507 e. The molecule has 0 aliphatic rings. The maximum atomic E-state index is 10.4. The molecule has 3 nitrogen and oxygen atoms in total. The van der Waals surface area contributed by atoms with E-state index in [1.807, 2.05) is 66.2 Å². The second-order valence-corrected chi connectivity index (χ2v) is 5.16. The van der Waals surface area contributed by atoms with Crippen LogP contribution in [0, 0.1) is 0 Å². The molecular weight excluding hydrogens is 260 g/mol. The van der Waals surface area contributed by atoms with Crippen molar-refractivity contribution in [1.29, 1.82) is 0 Å². The van der Waals surface area contributed by atoms with E-state index in [1.165, 1.54) is 0 Å². The van der Waals surface area contributed by atoms with Crippen LogP contribution in [0.25, 0.3) is 33.2 Å². The number of imidazole rings is 1. The van der Waals surface area contributed by atoms with Crippen LogP contribution in [0.3, 0.4) is 0 Å². The Kier molecular flexibility index (Phi) is 2.48. The van der Waals surface area contributed by atoms with Gasteiger partial charge in [-0.3, -0.25) is 0 Å². The molecule has 21 heavy (non-hydrogen) atoms. The van der Waals surface area contributed by atoms with Crippen molar-refractivity contribution < 1.29 is 5.11 Å². The number of hydrogen-bond acceptors (Lipinski definition) is 2. The Hall–Kier alpha value is -2.81. The van der Waals surface area contributed by atoms with E-state index in [9.17, 15) is 5.11 Å². The minimum absolute atomic E-state index is 0.257. The summed E-state index contributed by atoms with van der Waals surface area (Å²) in [5.74, 6) is 1.04. The van der Waals surface area contributed by atoms with Crippen LogP contribution in [0.5, 0.6) is 5.75 Å². The van der Waals surface area contributed by atoms with Gasteiger partial charge < -0.3 is 9.67 Å². The number of phenols is 1. The second-order valence-electron chi connectivity index (χ2n) is 5.16. The molecule has 102 valence electrons. The molecule has 1 N–H and O–H groups in total. The Morgan fingerprint density at radius 3 is 2.52 bits per heavy atom. The van der Waals surface area contributed by atoms with Crippen molar-refractivity contribution in [2.75, 3.05) is 0 Å². The van der Waals surface area contributed by atoms with Gasteiger partial charge in [0.1, 0.15) is 11.6 Å². The average Bonchev–Trinajstić information content (AvgIpc) is 2.84. The summed E-state index contributed by atoms with van der Waals surface area (Å²) < 4.78 is 2.02. The number of aromatic hydroxyl groups is 1. The van der Waals surface area contributed by atoms with Gasteiger partial charge in [0.15, 0.2) is 0 Å². The molecule has 0 amide bonds. The maximum absolute atomic E-state index is 10.4. The second kappa shape index (κ2) is 4.35. The lowest BCUT2D eigenvalue weighted by Gasteiger charge is -2.09. The topological polar surface area (TPSA) is 38.0 Å². The van der Waals surface area contributed by atoms with Crippen LogP contribution in [0.15, 0.2) is 60.7 Å². The van der Waals surface area contributed by atoms with E-state index in [0.717, 1.165) is 33.2 Å². The van der Waals surface area contributed by atoms with Crippen LogP contribution >= 0.6 is 0 Å². The molecule has 3 heteroatoms. The Bertz CT molecular complexity index is 969. The third-order valence-corrected chi connectivity index (χ3v) is 3.92. The zero-order valence-electron chi connectivity index (χ0n) is 11.6. The number of nitrogens with zero attached hydrogens (tertiary/aromatic N) is 2. The van der Waals surface area contributed by atoms with Crippen LogP contribution < -0.4 is 0 Å². The first-order valence-electron chi connectivity index (χ1n) is 6.88. The van der Waals surface area contributed by atoms with Gasteiger partial charge in [0.05, 0.1) is 16.6 Å². The lowest BCUT2D eigenvalue weighted by atomic mass is 10.0. The molecule has 0 radical (unpaired) electrons. The van der Waals surface area contributed by atoms with E-state index >= 15 is 0 Å². The van der Waals surface area contributed by atoms with Crippen molar-refractivity contribution >= 4 is 21.8 Å². The average molecular weight is 274 g/mol. The third kappa shape index (κ3) is 1.71. The zero-order valence-corrected chi connectivity index (χ0v) is 11.6. The van der Waals surface area contributed by atoms with Gasteiger partial charge in [-0.1, -0.05) is 42.5 Å². The first kappa shape index (κ1) is 12.0. The maximum Gasteiger partial charge on any atom is 0.145 e. The fourth-order valence-corrected chi connectivity index (χ4v) is 2.86. The normalized spacial score (nSPS) is 11.3. The van der Waals surface area contributed by atoms with Gasteiger partial charge in [-0.2, -0.15) is 0 Å². The van der Waals surface area contributed by atoms with Crippen molar-refractivity contribution in [2.24, 2.45) is 7.05 Å². The molecule has 0 bridgehead atoms. The first-order valence-corrected chi connectivity index (χ1v) is 6.88. The smallest absolute Gasteiger partial charge is 0.145 e. The van der Waals surface area contributed by atoms with Crippen molar-refractivity contribution in [3.05, 3.63) is 60.7 Å². The van der Waals surface area contributed by atoms with Crippen LogP contribution in [-0.2, 0) is 7.05 Å². The van der Waals surface area contributed by atoms with Gasteiger partial charge in [0, 0.05) is 7.05 Å². The molecule has 4 rings (SSSR count). The molecule has 0 unspecified atom stereocenters. The highest BCUT2D eigenvalue weighted by Crippen LogP contribution is 2.36. The summed E-state index contributed by atoms with van der Waals surface area (Å²) in [6, 6.07) is 19.7. The molecule has 0 saturated heterocycles. The van der Waals surface area contributed by atoms with Gasteiger partial charge in [0.25, 0.3) is 0 Å². The highest BCUT2D eigenvalue weighted by atomic mass is 16.3. The largest absolute Gasteiger partial charge is 0.507 e. The number of phenolic OH excluding ortho intramolecular Hbond substituents is 1. The van der Waals surface area contributed by atoms with E-state index < -0.39 is 0 Å². The fourth-order valence-electron chi connectivity index (χ4n) is 2.86. The highest BCUT2D eigenvalue weighted by molar-refractivity contribution is 5.99. The Balaban J connectivity index is 2.13. The van der Waals surface area contributed by atoms with Gasteiger partial charge in [-0.05, 0) is 29.0 Å². The van der Waals surface area contributed by atoms with E-state index in [2.05, 4.69) is 0 Å². The number of rotatable bonds is 1. The van der Waals surface area contributed by atoms with Gasteiger partial charge >= 0.3 is 0 Å². The number of aromatic nitrogens is 2. The van der Waals surface area contributed by atoms with Crippen LogP contribution in [0.1, 0.15) is 0 Å². The number of hydrogen-bond donors (Lipinski definition) is 1. The summed E-state index contributed by atoms with van der Waals surface area (Å²) >= 11 is 0. The van der Waals surface area contributed by atoms with Crippen molar-refractivity contribution in [1.82, 2.24) is 9.55 Å². The van der Waals surface area contributed by atoms with Crippen molar-refractivity contribution in [3.63, 3.8) is 0 Å². The summed E-state index contributed by atoms with van der Waals surface area (Å²) in [6.45, 7) is 0. The SMILES string of the molecule is Cn1c(-c2c(O)ccc3ccccc23)nc2ccccc21. The first-order chi connectivity index (χ1) is 10.3. The molecule has 0 fully saturated rings. The van der Waals surface area contributed by atoms with Crippen LogP contribution in [0.4, 0.5) is 0 Å². The Morgan fingerprint density at radius 1 is 0.905 bits per heavy atom. The molecule has 0 aliphatic carbocycles. The molecule has 1 aromatic heterocycles. The highest BCUT2D eigenvalue weighted by Gasteiger charge is 2.15. The van der Waals surface area contributed by atoms with E-state index in [0.29, 0.717) is 0 Å². The monoisotopic (exact) mass is 274 g/mol. The molecule has 3 aromatic carbocycles. The standard InChI is InChI=1S/C18H14N2O/c1-20-15-9-5-4-8-14(15)19-18(20)17-13-7-3-2-6-12(13)10-11-16(17)21/h2-11,21H,1H3. The van der Waals surface area contributed by atoms with Crippen molar-refractivity contribution in [3.8, 4) is 17.1 Å². The van der Waals surface area contributed by atoms with Crippen molar-refractivity contribution in [2.45, 2.75) is 0 Å². The summed E-state index contributed by atoms with van der Waals surface area (Å²) in [5, 5.41) is 12.5. The van der Waals surface area contributed by atoms with Crippen LogP contribution in [-0.4, -0.2) is 14.7 Å². The van der Waals surface area contributed by atoms with E-state index in [1.54, 1.807) is 6.07 Å². The zero-order chi connectivity index (χ0) is 14.4. The van der Waals surface area contributed by atoms with E-state index in [4.69, 9.17) is 4.98 Å². The molecule has 0 aliphatic heterocycles. The lowest BCUT2D eigenvalue weighted by Crippen LogP contribution is -1.94. The summed E-state index contributed by atoms with van der Waals surface area (Å²) in [6.07, 6.45) is 0. The quantitative estimate of drug-likeness (QED) is 0.567. The number of para-hydroxylation sites is 2. The minimum atomic E-state index is 0.257. The Labute approximate surface area is 122 Å². The summed E-state index contributed by atoms with van der Waals surface area (Å²) in [5.41, 5.74) is 2.77. The number of benzene rings is 3. The predicted octanol–water partition coefficient (Wildman–Crippen LogP) is 4.10.